The molecule has 5 nitrogen and oxygen atoms in total. The van der Waals surface area contributed by atoms with E-state index in [1.54, 1.807) is 11.9 Å². The zero-order valence-electron chi connectivity index (χ0n) is 20.7. The molecule has 0 saturated carbocycles. The molecule has 0 aromatic heterocycles. The fraction of sp³-hybridized carbons (Fsp3) is 0.310. The molecule has 0 aliphatic rings. The van der Waals surface area contributed by atoms with Gasteiger partial charge in [0.2, 0.25) is 5.91 Å². The van der Waals surface area contributed by atoms with Crippen LogP contribution in [0.4, 0.5) is 0 Å². The maximum Gasteiger partial charge on any atom is 0.261 e. The smallest absolute Gasteiger partial charge is 0.261 e. The third-order valence-corrected chi connectivity index (χ3v) is 6.07. The molecule has 0 radical (unpaired) electrons. The Kier molecular flexibility index (Phi) is 8.47. The van der Waals surface area contributed by atoms with Crippen LogP contribution in [-0.2, 0) is 22.6 Å². The number of hydrogen-bond acceptors (Lipinski definition) is 3. The Morgan fingerprint density at radius 2 is 1.59 bits per heavy atom. The lowest BCUT2D eigenvalue weighted by molar-refractivity contribution is -0.142. The number of nitrogens with one attached hydrogen (secondary N) is 1. The Bertz CT molecular complexity index is 1140. The molecule has 3 aromatic rings. The van der Waals surface area contributed by atoms with Crippen molar-refractivity contribution in [2.24, 2.45) is 0 Å². The maximum atomic E-state index is 13.6. The van der Waals surface area contributed by atoms with Gasteiger partial charge in [-0.2, -0.15) is 0 Å². The third-order valence-electron chi connectivity index (χ3n) is 6.07. The minimum absolute atomic E-state index is 0.141. The molecule has 178 valence electrons. The van der Waals surface area contributed by atoms with Gasteiger partial charge in [-0.05, 0) is 61.6 Å². The molecule has 3 rings (SSSR count). The van der Waals surface area contributed by atoms with Gasteiger partial charge in [0.1, 0.15) is 11.8 Å². The highest BCUT2D eigenvalue weighted by atomic mass is 16.5. The topological polar surface area (TPSA) is 58.6 Å². The summed E-state index contributed by atoms with van der Waals surface area (Å²) in [6.45, 7) is 8.22. The molecular weight excluding hydrogens is 424 g/mol. The van der Waals surface area contributed by atoms with Crippen LogP contribution in [0, 0.1) is 27.7 Å². The predicted molar refractivity (Wildman–Crippen MR) is 136 cm³/mol. The van der Waals surface area contributed by atoms with Gasteiger partial charge >= 0.3 is 0 Å². The van der Waals surface area contributed by atoms with Gasteiger partial charge in [0.05, 0.1) is 0 Å². The second-order valence-corrected chi connectivity index (χ2v) is 8.82. The molecule has 0 saturated heterocycles. The Morgan fingerprint density at radius 3 is 2.26 bits per heavy atom. The van der Waals surface area contributed by atoms with E-state index in [0.717, 1.165) is 33.4 Å². The summed E-state index contributed by atoms with van der Waals surface area (Å²) in [5.74, 6) is 0.262. The average molecular weight is 459 g/mol. The predicted octanol–water partition coefficient (Wildman–Crippen LogP) is 4.69. The molecule has 5 heteroatoms. The van der Waals surface area contributed by atoms with Crippen LogP contribution in [-0.4, -0.2) is 36.4 Å². The number of carbonyl (C=O) groups excluding carboxylic acids is 2. The SMILES string of the molecule is CNC(=O)[C@H](Cc1ccccc1)N(Cc1cccc(C)c1)C(=O)COc1cc(C)cc(C)c1C. The van der Waals surface area contributed by atoms with E-state index in [0.29, 0.717) is 18.7 Å². The zero-order chi connectivity index (χ0) is 24.7. The van der Waals surface area contributed by atoms with Crippen molar-refractivity contribution in [3.05, 3.63) is 100 Å². The Labute approximate surface area is 202 Å². The zero-order valence-corrected chi connectivity index (χ0v) is 20.7. The largest absolute Gasteiger partial charge is 0.483 e. The van der Waals surface area contributed by atoms with E-state index >= 15 is 0 Å². The lowest BCUT2D eigenvalue weighted by Crippen LogP contribution is -2.51. The highest BCUT2D eigenvalue weighted by Gasteiger charge is 2.30. The first-order valence-corrected chi connectivity index (χ1v) is 11.6. The van der Waals surface area contributed by atoms with Crippen molar-refractivity contribution in [1.82, 2.24) is 10.2 Å². The van der Waals surface area contributed by atoms with Gasteiger partial charge in [0, 0.05) is 20.0 Å². The summed E-state index contributed by atoms with van der Waals surface area (Å²) in [5.41, 5.74) is 6.27. The normalized spacial score (nSPS) is 11.6. The highest BCUT2D eigenvalue weighted by molar-refractivity contribution is 5.88. The fourth-order valence-electron chi connectivity index (χ4n) is 4.10. The minimum Gasteiger partial charge on any atom is -0.483 e. The first-order chi connectivity index (χ1) is 16.3. The van der Waals surface area contributed by atoms with E-state index in [-0.39, 0.29) is 18.4 Å². The summed E-state index contributed by atoms with van der Waals surface area (Å²) in [6, 6.07) is 21.1. The van der Waals surface area contributed by atoms with Crippen LogP contribution < -0.4 is 10.1 Å². The van der Waals surface area contributed by atoms with E-state index in [1.807, 2.05) is 88.4 Å². The van der Waals surface area contributed by atoms with Crippen LogP contribution in [0.3, 0.4) is 0 Å². The van der Waals surface area contributed by atoms with Crippen molar-refractivity contribution in [3.63, 3.8) is 0 Å². The van der Waals surface area contributed by atoms with Crippen molar-refractivity contribution in [1.29, 1.82) is 0 Å². The van der Waals surface area contributed by atoms with Crippen molar-refractivity contribution in [3.8, 4) is 5.75 Å². The monoisotopic (exact) mass is 458 g/mol. The van der Waals surface area contributed by atoms with Crippen LogP contribution in [0.5, 0.6) is 5.75 Å². The lowest BCUT2D eigenvalue weighted by Gasteiger charge is -2.31. The van der Waals surface area contributed by atoms with Gasteiger partial charge in [-0.1, -0.05) is 66.2 Å². The van der Waals surface area contributed by atoms with Gasteiger partial charge in [-0.3, -0.25) is 9.59 Å². The molecule has 0 aliphatic heterocycles. The fourth-order valence-corrected chi connectivity index (χ4v) is 4.10. The molecule has 0 unspecified atom stereocenters. The van der Waals surface area contributed by atoms with Crippen molar-refractivity contribution in [2.75, 3.05) is 13.7 Å². The maximum absolute atomic E-state index is 13.6. The van der Waals surface area contributed by atoms with E-state index in [4.69, 9.17) is 4.74 Å². The minimum atomic E-state index is -0.663. The first-order valence-electron chi connectivity index (χ1n) is 11.6. The van der Waals surface area contributed by atoms with Crippen molar-refractivity contribution in [2.45, 2.75) is 46.7 Å². The molecule has 1 N–H and O–H groups in total. The van der Waals surface area contributed by atoms with Gasteiger partial charge < -0.3 is 15.0 Å². The molecular formula is C29H34N2O3. The molecule has 3 aromatic carbocycles. The van der Waals surface area contributed by atoms with E-state index in [9.17, 15) is 9.59 Å². The molecule has 1 atom stereocenters. The van der Waals surface area contributed by atoms with Crippen LogP contribution in [0.1, 0.15) is 33.4 Å². The molecule has 0 spiro atoms. The summed E-state index contributed by atoms with van der Waals surface area (Å²) in [7, 11) is 1.60. The van der Waals surface area contributed by atoms with Crippen LogP contribution in [0.15, 0.2) is 66.7 Å². The molecule has 0 aliphatic carbocycles. The standard InChI is InChI=1S/C29H34N2O3/c1-20-10-9-13-25(15-20)18-31(26(29(33)30-5)17-24-11-7-6-8-12-24)28(32)19-34-27-16-21(2)14-22(3)23(27)4/h6-16,26H,17-19H2,1-5H3,(H,30,33)/t26-/m0/s1. The average Bonchev–Trinajstić information content (AvgIpc) is 2.82. The number of hydrogen-bond donors (Lipinski definition) is 1. The number of ether oxygens (including phenoxy) is 1. The second kappa shape index (κ2) is 11.5. The number of likely N-dealkylation sites (N-methyl/N-ethyl adjacent to an activating group) is 1. The van der Waals surface area contributed by atoms with Crippen molar-refractivity contribution < 1.29 is 14.3 Å². The molecule has 2 amide bonds. The van der Waals surface area contributed by atoms with Gasteiger partial charge in [0.15, 0.2) is 6.61 Å². The number of aryl methyl sites for hydroxylation is 3. The number of benzene rings is 3. The molecule has 34 heavy (non-hydrogen) atoms. The summed E-state index contributed by atoms with van der Waals surface area (Å²) >= 11 is 0. The van der Waals surface area contributed by atoms with E-state index in [2.05, 4.69) is 11.4 Å². The summed E-state index contributed by atoms with van der Waals surface area (Å²) in [6.07, 6.45) is 0.417. The Hall–Kier alpha value is -3.60. The van der Waals surface area contributed by atoms with Crippen molar-refractivity contribution >= 4 is 11.8 Å². The summed E-state index contributed by atoms with van der Waals surface area (Å²) in [4.78, 5) is 28.2. The highest BCUT2D eigenvalue weighted by Crippen LogP contribution is 2.24. The summed E-state index contributed by atoms with van der Waals surface area (Å²) < 4.78 is 5.99. The second-order valence-electron chi connectivity index (χ2n) is 8.82. The van der Waals surface area contributed by atoms with Gasteiger partial charge in [0.25, 0.3) is 5.91 Å². The number of rotatable bonds is 9. The first kappa shape index (κ1) is 25.0. The molecule has 0 heterocycles. The van der Waals surface area contributed by atoms with Crippen LogP contribution in [0.2, 0.25) is 0 Å². The van der Waals surface area contributed by atoms with Gasteiger partial charge in [-0.15, -0.1) is 0 Å². The lowest BCUT2D eigenvalue weighted by atomic mass is 10.0. The summed E-state index contributed by atoms with van der Waals surface area (Å²) in [5, 5.41) is 2.74. The third kappa shape index (κ3) is 6.47. The number of nitrogens with zero attached hydrogens (tertiary/aromatic N) is 1. The number of carbonyl (C=O) groups is 2. The number of amides is 2. The van der Waals surface area contributed by atoms with Crippen LogP contribution >= 0.6 is 0 Å². The quantitative estimate of drug-likeness (QED) is 0.506. The van der Waals surface area contributed by atoms with Crippen LogP contribution in [0.25, 0.3) is 0 Å². The molecule has 0 fully saturated rings. The van der Waals surface area contributed by atoms with E-state index in [1.165, 1.54) is 0 Å². The molecule has 0 bridgehead atoms. The van der Waals surface area contributed by atoms with Gasteiger partial charge in [-0.25, -0.2) is 0 Å². The van der Waals surface area contributed by atoms with E-state index < -0.39 is 6.04 Å². The Morgan fingerprint density at radius 1 is 0.882 bits per heavy atom. The Balaban J connectivity index is 1.90.